The summed E-state index contributed by atoms with van der Waals surface area (Å²) in [5.41, 5.74) is 0.620. The van der Waals surface area contributed by atoms with Crippen LogP contribution in [0.25, 0.3) is 0 Å². The van der Waals surface area contributed by atoms with Crippen molar-refractivity contribution in [3.63, 3.8) is 0 Å². The molecule has 1 amide bonds. The first kappa shape index (κ1) is 26.0. The summed E-state index contributed by atoms with van der Waals surface area (Å²) in [7, 11) is 0. The summed E-state index contributed by atoms with van der Waals surface area (Å²) >= 11 is 1.51. The van der Waals surface area contributed by atoms with Crippen molar-refractivity contribution in [2.45, 2.75) is 67.1 Å². The second-order valence-corrected chi connectivity index (χ2v) is 12.0. The van der Waals surface area contributed by atoms with E-state index in [1.54, 1.807) is 11.0 Å². The number of amides is 1. The first-order valence-electron chi connectivity index (χ1n) is 12.6. The molecule has 5 nitrogen and oxygen atoms in total. The SMILES string of the molecule is C=C1N(C(C)(C)C)C(=O)OC12CCN(CCCN1c3ccccc3Sc3ccc(C(F)(F)F)cc31)CC2. The van der Waals surface area contributed by atoms with Crippen molar-refractivity contribution in [3.8, 4) is 0 Å². The Morgan fingerprint density at radius 1 is 1.00 bits per heavy atom. The van der Waals surface area contributed by atoms with E-state index in [9.17, 15) is 18.0 Å². The molecule has 3 aliphatic heterocycles. The van der Waals surface area contributed by atoms with E-state index in [2.05, 4.69) is 11.5 Å². The summed E-state index contributed by atoms with van der Waals surface area (Å²) in [6.07, 6.45) is -2.56. The van der Waals surface area contributed by atoms with E-state index in [1.807, 2.05) is 49.9 Å². The number of benzene rings is 2. The lowest BCUT2D eigenvalue weighted by Crippen LogP contribution is -2.47. The van der Waals surface area contributed by atoms with Crippen LogP contribution < -0.4 is 4.90 Å². The Kier molecular flexibility index (Phi) is 6.51. The number of halogens is 3. The molecule has 2 aromatic rings. The summed E-state index contributed by atoms with van der Waals surface area (Å²) in [6.45, 7) is 13.1. The molecule has 0 N–H and O–H groups in total. The number of carbonyl (C=O) groups excluding carboxylic acids is 1. The Balaban J connectivity index is 1.25. The van der Waals surface area contributed by atoms with E-state index < -0.39 is 17.3 Å². The largest absolute Gasteiger partial charge is 0.436 e. The molecular formula is C28H32F3N3O2S. The summed E-state index contributed by atoms with van der Waals surface area (Å²) in [5.74, 6) is 0. The number of anilines is 2. The van der Waals surface area contributed by atoms with Crippen LogP contribution in [0.5, 0.6) is 0 Å². The van der Waals surface area contributed by atoms with Crippen molar-refractivity contribution < 1.29 is 22.7 Å². The first-order valence-corrected chi connectivity index (χ1v) is 13.4. The van der Waals surface area contributed by atoms with E-state index in [0.29, 0.717) is 25.1 Å². The van der Waals surface area contributed by atoms with Crippen LogP contribution in [0.4, 0.5) is 29.3 Å². The van der Waals surface area contributed by atoms with Gasteiger partial charge in [-0.25, -0.2) is 4.79 Å². The Labute approximate surface area is 220 Å². The quantitative estimate of drug-likeness (QED) is 0.414. The molecule has 37 heavy (non-hydrogen) atoms. The summed E-state index contributed by atoms with van der Waals surface area (Å²) in [5, 5.41) is 0. The van der Waals surface area contributed by atoms with Gasteiger partial charge < -0.3 is 14.5 Å². The van der Waals surface area contributed by atoms with Crippen LogP contribution in [0.1, 0.15) is 45.6 Å². The van der Waals surface area contributed by atoms with Crippen LogP contribution in [0.2, 0.25) is 0 Å². The van der Waals surface area contributed by atoms with Crippen molar-refractivity contribution >= 4 is 29.2 Å². The fourth-order valence-corrected chi connectivity index (χ4v) is 6.57. The third-order valence-corrected chi connectivity index (χ3v) is 8.54. The molecule has 198 valence electrons. The number of fused-ring (bicyclic) bond motifs is 2. The summed E-state index contributed by atoms with van der Waals surface area (Å²) in [6, 6.07) is 11.9. The minimum atomic E-state index is -4.39. The Morgan fingerprint density at radius 3 is 2.32 bits per heavy atom. The van der Waals surface area contributed by atoms with Crippen molar-refractivity contribution in [1.29, 1.82) is 0 Å². The maximum absolute atomic E-state index is 13.5. The molecule has 0 saturated carbocycles. The zero-order chi connectivity index (χ0) is 26.6. The van der Waals surface area contributed by atoms with Crippen LogP contribution >= 0.6 is 11.8 Å². The second-order valence-electron chi connectivity index (χ2n) is 10.9. The molecule has 0 bridgehead atoms. The average molecular weight is 532 g/mol. The maximum Gasteiger partial charge on any atom is 0.416 e. The lowest BCUT2D eigenvalue weighted by molar-refractivity contribution is -0.137. The van der Waals surface area contributed by atoms with Gasteiger partial charge in [-0.05, 0) is 64.1 Å². The number of rotatable bonds is 4. The van der Waals surface area contributed by atoms with Gasteiger partial charge in [0.2, 0.25) is 0 Å². The second kappa shape index (κ2) is 9.27. The van der Waals surface area contributed by atoms with Crippen LogP contribution in [0.3, 0.4) is 0 Å². The maximum atomic E-state index is 13.5. The highest BCUT2D eigenvalue weighted by molar-refractivity contribution is 7.99. The van der Waals surface area contributed by atoms with Crippen LogP contribution in [-0.2, 0) is 10.9 Å². The van der Waals surface area contributed by atoms with Gasteiger partial charge in [-0.1, -0.05) is 30.5 Å². The van der Waals surface area contributed by atoms with Gasteiger partial charge in [-0.2, -0.15) is 13.2 Å². The number of alkyl halides is 3. The summed E-state index contributed by atoms with van der Waals surface area (Å²) in [4.78, 5) is 20.5. The van der Waals surface area contributed by atoms with Gasteiger partial charge in [-0.3, -0.25) is 4.90 Å². The lowest BCUT2D eigenvalue weighted by Gasteiger charge is -2.40. The number of nitrogens with zero attached hydrogens (tertiary/aromatic N) is 3. The molecule has 2 fully saturated rings. The fraction of sp³-hybridized carbons (Fsp3) is 0.464. The highest BCUT2D eigenvalue weighted by Crippen LogP contribution is 2.49. The van der Waals surface area contributed by atoms with Gasteiger partial charge in [0.05, 0.1) is 22.6 Å². The molecule has 0 radical (unpaired) electrons. The Hall–Kier alpha value is -2.65. The first-order chi connectivity index (χ1) is 17.4. The van der Waals surface area contributed by atoms with Crippen LogP contribution in [-0.4, -0.2) is 53.2 Å². The zero-order valence-electron chi connectivity index (χ0n) is 21.4. The monoisotopic (exact) mass is 531 g/mol. The molecule has 9 heteroatoms. The molecule has 0 aliphatic carbocycles. The zero-order valence-corrected chi connectivity index (χ0v) is 22.2. The number of ether oxygens (including phenoxy) is 1. The predicted molar refractivity (Wildman–Crippen MR) is 139 cm³/mol. The normalized spacial score (nSPS) is 19.7. The van der Waals surface area contributed by atoms with E-state index in [-0.39, 0.29) is 11.6 Å². The van der Waals surface area contributed by atoms with E-state index in [0.717, 1.165) is 53.3 Å². The van der Waals surface area contributed by atoms with Crippen molar-refractivity contribution in [2.24, 2.45) is 0 Å². The molecule has 2 saturated heterocycles. The van der Waals surface area contributed by atoms with Gasteiger partial charge >= 0.3 is 12.3 Å². The van der Waals surface area contributed by atoms with Crippen molar-refractivity contribution in [3.05, 3.63) is 60.3 Å². The molecule has 3 heterocycles. The number of piperidine rings is 1. The van der Waals surface area contributed by atoms with Gasteiger partial charge in [0.1, 0.15) is 0 Å². The van der Waals surface area contributed by atoms with Gasteiger partial charge in [-0.15, -0.1) is 0 Å². The molecule has 5 rings (SSSR count). The number of hydrogen-bond acceptors (Lipinski definition) is 5. The predicted octanol–water partition coefficient (Wildman–Crippen LogP) is 7.30. The highest BCUT2D eigenvalue weighted by atomic mass is 32.2. The number of likely N-dealkylation sites (tertiary alicyclic amines) is 1. The van der Waals surface area contributed by atoms with E-state index in [1.165, 1.54) is 17.8 Å². The third kappa shape index (κ3) is 4.83. The number of hydrogen-bond donors (Lipinski definition) is 0. The minimum Gasteiger partial charge on any atom is -0.436 e. The molecule has 3 aliphatic rings. The smallest absolute Gasteiger partial charge is 0.416 e. The third-order valence-electron chi connectivity index (χ3n) is 7.40. The Bertz CT molecular complexity index is 1220. The number of carbonyl (C=O) groups is 1. The van der Waals surface area contributed by atoms with Crippen molar-refractivity contribution in [2.75, 3.05) is 31.1 Å². The van der Waals surface area contributed by atoms with E-state index in [4.69, 9.17) is 4.74 Å². The van der Waals surface area contributed by atoms with Gasteiger partial charge in [0.15, 0.2) is 5.60 Å². The van der Waals surface area contributed by atoms with Gasteiger partial charge in [0, 0.05) is 47.8 Å². The Morgan fingerprint density at radius 2 is 1.68 bits per heavy atom. The molecule has 0 atom stereocenters. The molecule has 0 aromatic heterocycles. The molecule has 1 spiro atoms. The van der Waals surface area contributed by atoms with Crippen LogP contribution in [0, 0.1) is 0 Å². The average Bonchev–Trinajstić information content (AvgIpc) is 3.08. The van der Waals surface area contributed by atoms with Gasteiger partial charge in [0.25, 0.3) is 0 Å². The lowest BCUT2D eigenvalue weighted by atomic mass is 9.87. The standard InChI is InChI=1S/C28H32F3N3O2S/c1-19-27(36-25(35)34(19)26(2,3)4)12-16-32(17-13-27)14-7-15-33-21-8-5-6-9-23(21)37-24-11-10-20(18-22(24)33)28(29,30)31/h5-6,8-11,18H,1,7,12-17H2,2-4H3. The fourth-order valence-electron chi connectivity index (χ4n) is 5.49. The van der Waals surface area contributed by atoms with Crippen molar-refractivity contribution in [1.82, 2.24) is 9.80 Å². The number of para-hydroxylation sites is 1. The topological polar surface area (TPSA) is 36.0 Å². The summed E-state index contributed by atoms with van der Waals surface area (Å²) < 4.78 is 46.3. The molecule has 2 aromatic carbocycles. The van der Waals surface area contributed by atoms with E-state index >= 15 is 0 Å². The highest BCUT2D eigenvalue weighted by Gasteiger charge is 2.53. The molecule has 0 unspecified atom stereocenters. The minimum absolute atomic E-state index is 0.329. The van der Waals surface area contributed by atoms with Crippen LogP contribution in [0.15, 0.2) is 64.5 Å². The molecular weight excluding hydrogens is 499 g/mol.